The molecule has 0 aliphatic heterocycles. The van der Waals surface area contributed by atoms with E-state index in [9.17, 15) is 0 Å². The van der Waals surface area contributed by atoms with Crippen LogP contribution in [0, 0.1) is 0 Å². The third-order valence-electron chi connectivity index (χ3n) is 5.17. The lowest BCUT2D eigenvalue weighted by molar-refractivity contribution is -0.0262. The van der Waals surface area contributed by atoms with Gasteiger partial charge in [-0.3, -0.25) is 0 Å². The molecule has 2 rings (SSSR count). The molecule has 2 unspecified atom stereocenters. The van der Waals surface area contributed by atoms with Gasteiger partial charge in [-0.15, -0.1) is 0 Å². The van der Waals surface area contributed by atoms with Crippen LogP contribution in [0.3, 0.4) is 0 Å². The van der Waals surface area contributed by atoms with Gasteiger partial charge in [0, 0.05) is 0 Å². The maximum atomic E-state index is 6.84. The first-order valence-corrected chi connectivity index (χ1v) is 12.1. The topological polar surface area (TPSA) is 27.7 Å². The third-order valence-corrected chi connectivity index (χ3v) is 5.17. The Balaban J connectivity index is 2.29. The van der Waals surface area contributed by atoms with Crippen molar-refractivity contribution in [1.29, 1.82) is 0 Å². The Morgan fingerprint density at radius 2 is 1.06 bits per heavy atom. The quantitative estimate of drug-likeness (QED) is 0.303. The van der Waals surface area contributed by atoms with Crippen molar-refractivity contribution in [3.8, 4) is 11.5 Å². The Labute approximate surface area is 190 Å². The van der Waals surface area contributed by atoms with Gasteiger partial charge in [-0.1, -0.05) is 63.8 Å². The van der Waals surface area contributed by atoms with E-state index in [1.165, 1.54) is 11.1 Å². The number of rotatable bonds is 14. The summed E-state index contributed by atoms with van der Waals surface area (Å²) in [5.74, 6) is 1.82. The first-order chi connectivity index (χ1) is 14.9. The standard InChI is InChI=1S/C28H42O3/c1-7-9-17-27(23-13-11-15-25(19-23)29-21(3)4)31-28(18-10-8-2)24-14-12-16-26(20-24)30-22(5)6/h11-16,19-22,27-28H,7-10,17-18H2,1-6H3. The van der Waals surface area contributed by atoms with Gasteiger partial charge in [0.05, 0.1) is 24.4 Å². The molecule has 3 nitrogen and oxygen atoms in total. The van der Waals surface area contributed by atoms with Crippen LogP contribution >= 0.6 is 0 Å². The SMILES string of the molecule is CCCCC(OC(CCCC)c1cccc(OC(C)C)c1)c1cccc(OC(C)C)c1. The second kappa shape index (κ2) is 13.4. The third kappa shape index (κ3) is 8.95. The van der Waals surface area contributed by atoms with Crippen molar-refractivity contribution in [3.05, 3.63) is 59.7 Å². The fourth-order valence-corrected chi connectivity index (χ4v) is 3.72. The lowest BCUT2D eigenvalue weighted by atomic mass is 10.00. The molecule has 2 atom stereocenters. The lowest BCUT2D eigenvalue weighted by Gasteiger charge is -2.27. The van der Waals surface area contributed by atoms with Crippen LogP contribution in [0.5, 0.6) is 11.5 Å². The zero-order valence-electron chi connectivity index (χ0n) is 20.4. The van der Waals surface area contributed by atoms with Crippen LogP contribution in [0.4, 0.5) is 0 Å². The molecule has 172 valence electrons. The van der Waals surface area contributed by atoms with E-state index in [4.69, 9.17) is 14.2 Å². The molecule has 0 bridgehead atoms. The van der Waals surface area contributed by atoms with Crippen molar-refractivity contribution >= 4 is 0 Å². The Bertz CT molecular complexity index is 690. The number of ether oxygens (including phenoxy) is 3. The molecule has 3 heteroatoms. The van der Waals surface area contributed by atoms with Crippen molar-refractivity contribution in [2.45, 2.75) is 104 Å². The second-order valence-corrected chi connectivity index (χ2v) is 8.88. The minimum Gasteiger partial charge on any atom is -0.491 e. The van der Waals surface area contributed by atoms with Gasteiger partial charge in [0.15, 0.2) is 0 Å². The molecule has 0 saturated carbocycles. The summed E-state index contributed by atoms with van der Waals surface area (Å²) in [6.45, 7) is 12.7. The van der Waals surface area contributed by atoms with E-state index >= 15 is 0 Å². The largest absolute Gasteiger partial charge is 0.491 e. The first-order valence-electron chi connectivity index (χ1n) is 12.1. The highest BCUT2D eigenvalue weighted by Gasteiger charge is 2.21. The Hall–Kier alpha value is -2.00. The summed E-state index contributed by atoms with van der Waals surface area (Å²) in [5.41, 5.74) is 2.39. The molecule has 0 aromatic heterocycles. The summed E-state index contributed by atoms with van der Waals surface area (Å²) < 4.78 is 18.7. The molecule has 0 fully saturated rings. The fraction of sp³-hybridized carbons (Fsp3) is 0.571. The average molecular weight is 427 g/mol. The van der Waals surface area contributed by atoms with E-state index in [1.54, 1.807) is 0 Å². The van der Waals surface area contributed by atoms with Crippen LogP contribution in [0.1, 0.15) is 103 Å². The molecule has 2 aromatic rings. The van der Waals surface area contributed by atoms with Crippen LogP contribution in [0.25, 0.3) is 0 Å². The number of hydrogen-bond donors (Lipinski definition) is 0. The van der Waals surface area contributed by atoms with Gasteiger partial charge >= 0.3 is 0 Å². The Morgan fingerprint density at radius 1 is 0.645 bits per heavy atom. The summed E-state index contributed by atoms with van der Waals surface area (Å²) in [4.78, 5) is 0. The van der Waals surface area contributed by atoms with Crippen molar-refractivity contribution in [1.82, 2.24) is 0 Å². The van der Waals surface area contributed by atoms with E-state index < -0.39 is 0 Å². The molecule has 2 aromatic carbocycles. The monoisotopic (exact) mass is 426 g/mol. The number of hydrogen-bond acceptors (Lipinski definition) is 3. The van der Waals surface area contributed by atoms with E-state index in [1.807, 2.05) is 12.1 Å². The van der Waals surface area contributed by atoms with E-state index in [-0.39, 0.29) is 24.4 Å². The van der Waals surface area contributed by atoms with Crippen molar-refractivity contribution in [2.24, 2.45) is 0 Å². The minimum atomic E-state index is 0.0483. The number of unbranched alkanes of at least 4 members (excludes halogenated alkanes) is 2. The van der Waals surface area contributed by atoms with Gasteiger partial charge in [0.1, 0.15) is 11.5 Å². The molecular formula is C28H42O3. The molecule has 0 amide bonds. The summed E-state index contributed by atoms with van der Waals surface area (Å²) in [6, 6.07) is 16.8. The highest BCUT2D eigenvalue weighted by atomic mass is 16.5. The molecule has 0 aliphatic carbocycles. The van der Waals surface area contributed by atoms with Crippen molar-refractivity contribution in [2.75, 3.05) is 0 Å². The molecule has 0 heterocycles. The summed E-state index contributed by atoms with van der Waals surface area (Å²) in [7, 11) is 0. The average Bonchev–Trinajstić information content (AvgIpc) is 2.72. The smallest absolute Gasteiger partial charge is 0.120 e. The summed E-state index contributed by atoms with van der Waals surface area (Å²) in [6.07, 6.45) is 7.00. The van der Waals surface area contributed by atoms with Gasteiger partial charge in [0.2, 0.25) is 0 Å². The molecule has 0 aliphatic rings. The fourth-order valence-electron chi connectivity index (χ4n) is 3.72. The lowest BCUT2D eigenvalue weighted by Crippen LogP contribution is -2.13. The van der Waals surface area contributed by atoms with Gasteiger partial charge < -0.3 is 14.2 Å². The van der Waals surface area contributed by atoms with E-state index in [0.717, 1.165) is 50.0 Å². The predicted molar refractivity (Wildman–Crippen MR) is 130 cm³/mol. The maximum absolute atomic E-state index is 6.84. The molecule has 0 saturated heterocycles. The molecule has 0 N–H and O–H groups in total. The summed E-state index contributed by atoms with van der Waals surface area (Å²) in [5, 5.41) is 0. The number of benzene rings is 2. The van der Waals surface area contributed by atoms with Crippen LogP contribution in [0.2, 0.25) is 0 Å². The van der Waals surface area contributed by atoms with Crippen LogP contribution in [0.15, 0.2) is 48.5 Å². The van der Waals surface area contributed by atoms with Gasteiger partial charge in [-0.05, 0) is 75.9 Å². The van der Waals surface area contributed by atoms with Crippen LogP contribution in [-0.2, 0) is 4.74 Å². The van der Waals surface area contributed by atoms with Gasteiger partial charge in [-0.25, -0.2) is 0 Å². The normalized spacial score (nSPS) is 13.4. The first kappa shape index (κ1) is 25.3. The zero-order chi connectivity index (χ0) is 22.6. The van der Waals surface area contributed by atoms with Gasteiger partial charge in [0.25, 0.3) is 0 Å². The highest BCUT2D eigenvalue weighted by Crippen LogP contribution is 2.36. The van der Waals surface area contributed by atoms with Gasteiger partial charge in [-0.2, -0.15) is 0 Å². The zero-order valence-corrected chi connectivity index (χ0v) is 20.4. The van der Waals surface area contributed by atoms with Crippen LogP contribution in [-0.4, -0.2) is 12.2 Å². The molecule has 0 radical (unpaired) electrons. The second-order valence-electron chi connectivity index (χ2n) is 8.88. The Kier molecular flexibility index (Phi) is 10.9. The Morgan fingerprint density at radius 3 is 1.42 bits per heavy atom. The maximum Gasteiger partial charge on any atom is 0.120 e. The summed E-state index contributed by atoms with van der Waals surface area (Å²) >= 11 is 0. The molecular weight excluding hydrogens is 384 g/mol. The van der Waals surface area contributed by atoms with Crippen LogP contribution < -0.4 is 9.47 Å². The highest BCUT2D eigenvalue weighted by molar-refractivity contribution is 5.32. The van der Waals surface area contributed by atoms with Crippen molar-refractivity contribution < 1.29 is 14.2 Å². The predicted octanol–water partition coefficient (Wildman–Crippen LogP) is 8.44. The van der Waals surface area contributed by atoms with E-state index in [0.29, 0.717) is 0 Å². The minimum absolute atomic E-state index is 0.0483. The van der Waals surface area contributed by atoms with E-state index in [2.05, 4.69) is 77.9 Å². The molecule has 31 heavy (non-hydrogen) atoms. The molecule has 0 spiro atoms. The van der Waals surface area contributed by atoms with Crippen molar-refractivity contribution in [3.63, 3.8) is 0 Å².